The average molecular weight is 310 g/mol. The maximum atomic E-state index is 12.2. The molecule has 6 nitrogen and oxygen atoms in total. The molecule has 4 N–H and O–H groups in total. The Morgan fingerprint density at radius 3 is 2.81 bits per heavy atom. The molecule has 0 radical (unpaired) electrons. The van der Waals surface area contributed by atoms with Crippen LogP contribution < -0.4 is 16.4 Å². The van der Waals surface area contributed by atoms with Crippen molar-refractivity contribution in [1.82, 2.24) is 10.2 Å². The number of anilines is 1. The van der Waals surface area contributed by atoms with Crippen LogP contribution in [0.3, 0.4) is 0 Å². The van der Waals surface area contributed by atoms with Gasteiger partial charge in [-0.1, -0.05) is 6.92 Å². The summed E-state index contributed by atoms with van der Waals surface area (Å²) in [4.78, 5) is 25.6. The fourth-order valence-electron chi connectivity index (χ4n) is 2.62. The van der Waals surface area contributed by atoms with Crippen LogP contribution in [0.5, 0.6) is 0 Å². The first-order valence-corrected chi connectivity index (χ1v) is 8.11. The Kier molecular flexibility index (Phi) is 5.72. The molecule has 7 heteroatoms. The van der Waals surface area contributed by atoms with Crippen LogP contribution in [-0.4, -0.2) is 48.9 Å². The molecule has 1 aromatic rings. The van der Waals surface area contributed by atoms with Crippen LogP contribution in [0.4, 0.5) is 5.00 Å². The van der Waals surface area contributed by atoms with Crippen molar-refractivity contribution >= 4 is 28.2 Å². The van der Waals surface area contributed by atoms with Crippen LogP contribution in [0.15, 0.2) is 11.4 Å². The van der Waals surface area contributed by atoms with E-state index in [0.717, 1.165) is 32.5 Å². The largest absolute Gasteiger partial charge is 0.366 e. The summed E-state index contributed by atoms with van der Waals surface area (Å²) in [7, 11) is 0. The molecular weight excluding hydrogens is 288 g/mol. The van der Waals surface area contributed by atoms with Gasteiger partial charge < -0.3 is 16.4 Å². The molecule has 2 amide bonds. The van der Waals surface area contributed by atoms with Crippen molar-refractivity contribution in [2.24, 2.45) is 5.73 Å². The molecule has 0 atom stereocenters. The molecule has 0 aromatic carbocycles. The molecular formula is C14H22N4O2S. The Balaban J connectivity index is 1.93. The van der Waals surface area contributed by atoms with E-state index >= 15 is 0 Å². The number of hydrogen-bond donors (Lipinski definition) is 3. The summed E-state index contributed by atoms with van der Waals surface area (Å²) in [6, 6.07) is 2.08. The molecule has 1 aromatic heterocycles. The molecule has 2 heterocycles. The summed E-state index contributed by atoms with van der Waals surface area (Å²) in [5.41, 5.74) is 5.65. The minimum atomic E-state index is -0.516. The number of amides is 2. The Morgan fingerprint density at radius 2 is 2.19 bits per heavy atom. The summed E-state index contributed by atoms with van der Waals surface area (Å²) in [5.74, 6) is -0.613. The van der Waals surface area contributed by atoms with Gasteiger partial charge in [-0.2, -0.15) is 0 Å². The molecule has 2 rings (SSSR count). The molecule has 0 unspecified atom stereocenters. The number of carbonyl (C=O) groups is 2. The molecule has 0 aliphatic carbocycles. The Bertz CT molecular complexity index is 497. The Labute approximate surface area is 128 Å². The molecule has 21 heavy (non-hydrogen) atoms. The highest BCUT2D eigenvalue weighted by Crippen LogP contribution is 2.22. The third kappa shape index (κ3) is 4.26. The van der Waals surface area contributed by atoms with Crippen LogP contribution in [-0.2, 0) is 4.79 Å². The number of thiophene rings is 1. The average Bonchev–Trinajstić information content (AvgIpc) is 2.94. The molecule has 1 aliphatic heterocycles. The highest BCUT2D eigenvalue weighted by Gasteiger charge is 2.22. The SMILES string of the molecule is CCN(CC(=O)Nc1sccc1C(N)=O)C1CCNCC1. The van der Waals surface area contributed by atoms with E-state index in [-0.39, 0.29) is 5.91 Å². The Morgan fingerprint density at radius 1 is 1.48 bits per heavy atom. The molecule has 116 valence electrons. The fraction of sp³-hybridized carbons (Fsp3) is 0.571. The lowest BCUT2D eigenvalue weighted by Crippen LogP contribution is -2.46. The number of rotatable bonds is 6. The molecule has 1 saturated heterocycles. The maximum absolute atomic E-state index is 12.2. The highest BCUT2D eigenvalue weighted by molar-refractivity contribution is 7.14. The van der Waals surface area contributed by atoms with Crippen LogP contribution in [0.1, 0.15) is 30.1 Å². The van der Waals surface area contributed by atoms with Crippen LogP contribution >= 0.6 is 11.3 Å². The number of likely N-dealkylation sites (N-methyl/N-ethyl adjacent to an activating group) is 1. The molecule has 0 spiro atoms. The molecule has 0 bridgehead atoms. The second-order valence-corrected chi connectivity index (χ2v) is 6.04. The van der Waals surface area contributed by atoms with Gasteiger partial charge in [0.05, 0.1) is 12.1 Å². The van der Waals surface area contributed by atoms with Gasteiger partial charge in [0, 0.05) is 6.04 Å². The summed E-state index contributed by atoms with van der Waals surface area (Å²) < 4.78 is 0. The zero-order valence-electron chi connectivity index (χ0n) is 12.2. The number of nitrogens with one attached hydrogen (secondary N) is 2. The maximum Gasteiger partial charge on any atom is 0.251 e. The van der Waals surface area contributed by atoms with Crippen molar-refractivity contribution in [3.05, 3.63) is 17.0 Å². The first kappa shape index (κ1) is 15.9. The van der Waals surface area contributed by atoms with Crippen molar-refractivity contribution in [1.29, 1.82) is 0 Å². The number of piperidine rings is 1. The van der Waals surface area contributed by atoms with Gasteiger partial charge in [0.2, 0.25) is 5.91 Å². The standard InChI is InChI=1S/C14H22N4O2S/c1-2-18(10-3-6-16-7-4-10)9-12(19)17-14-11(13(15)20)5-8-21-14/h5,8,10,16H,2-4,6-7,9H2,1H3,(H2,15,20)(H,17,19). The van der Waals surface area contributed by atoms with Crippen LogP contribution in [0, 0.1) is 0 Å². The van der Waals surface area contributed by atoms with Crippen molar-refractivity contribution < 1.29 is 9.59 Å². The number of primary amides is 1. The van der Waals surface area contributed by atoms with Crippen molar-refractivity contribution in [2.75, 3.05) is 31.5 Å². The predicted molar refractivity (Wildman–Crippen MR) is 84.6 cm³/mol. The first-order chi connectivity index (χ1) is 10.1. The second kappa shape index (κ2) is 7.53. The smallest absolute Gasteiger partial charge is 0.251 e. The minimum absolute atomic E-state index is 0.0969. The number of nitrogens with two attached hydrogens (primary N) is 1. The third-order valence-corrected chi connectivity index (χ3v) is 4.59. The van der Waals surface area contributed by atoms with Crippen LogP contribution in [0.25, 0.3) is 0 Å². The van der Waals surface area contributed by atoms with Gasteiger partial charge in [-0.05, 0) is 43.9 Å². The van der Waals surface area contributed by atoms with Gasteiger partial charge in [0.25, 0.3) is 5.91 Å². The fourth-order valence-corrected chi connectivity index (χ4v) is 3.43. The summed E-state index contributed by atoms with van der Waals surface area (Å²) in [6.45, 7) is 5.25. The first-order valence-electron chi connectivity index (χ1n) is 7.23. The van der Waals surface area contributed by atoms with Gasteiger partial charge in [-0.15, -0.1) is 11.3 Å². The van der Waals surface area contributed by atoms with E-state index in [1.165, 1.54) is 11.3 Å². The van der Waals surface area contributed by atoms with Gasteiger partial charge in [0.15, 0.2) is 0 Å². The topological polar surface area (TPSA) is 87.5 Å². The number of carbonyl (C=O) groups excluding carboxylic acids is 2. The van der Waals surface area contributed by atoms with Crippen molar-refractivity contribution in [2.45, 2.75) is 25.8 Å². The Hall–Kier alpha value is -1.44. The zero-order chi connectivity index (χ0) is 15.2. The summed E-state index contributed by atoms with van der Waals surface area (Å²) in [6.07, 6.45) is 2.12. The van der Waals surface area contributed by atoms with Gasteiger partial charge in [-0.3, -0.25) is 14.5 Å². The predicted octanol–water partition coefficient (Wildman–Crippen LogP) is 0.859. The van der Waals surface area contributed by atoms with Gasteiger partial charge in [-0.25, -0.2) is 0 Å². The van der Waals surface area contributed by atoms with Crippen LogP contribution in [0.2, 0.25) is 0 Å². The van der Waals surface area contributed by atoms with Gasteiger partial charge >= 0.3 is 0 Å². The van der Waals surface area contributed by atoms with E-state index in [1.807, 2.05) is 0 Å². The summed E-state index contributed by atoms with van der Waals surface area (Å²) >= 11 is 1.32. The number of nitrogens with zero attached hydrogens (tertiary/aromatic N) is 1. The number of hydrogen-bond acceptors (Lipinski definition) is 5. The zero-order valence-corrected chi connectivity index (χ0v) is 13.0. The second-order valence-electron chi connectivity index (χ2n) is 5.12. The quantitative estimate of drug-likeness (QED) is 0.727. The van der Waals surface area contributed by atoms with E-state index in [0.29, 0.717) is 23.2 Å². The monoisotopic (exact) mass is 310 g/mol. The highest BCUT2D eigenvalue weighted by atomic mass is 32.1. The normalized spacial score (nSPS) is 16.1. The molecule has 1 aliphatic rings. The van der Waals surface area contributed by atoms with E-state index in [1.54, 1.807) is 11.4 Å². The van der Waals surface area contributed by atoms with E-state index in [2.05, 4.69) is 22.5 Å². The minimum Gasteiger partial charge on any atom is -0.366 e. The molecule has 0 saturated carbocycles. The lowest BCUT2D eigenvalue weighted by molar-refractivity contribution is -0.117. The van der Waals surface area contributed by atoms with E-state index in [4.69, 9.17) is 5.73 Å². The molecule has 1 fully saturated rings. The van der Waals surface area contributed by atoms with E-state index < -0.39 is 5.91 Å². The van der Waals surface area contributed by atoms with Gasteiger partial charge in [0.1, 0.15) is 5.00 Å². The lowest BCUT2D eigenvalue weighted by atomic mass is 10.0. The van der Waals surface area contributed by atoms with Crippen molar-refractivity contribution in [3.63, 3.8) is 0 Å². The van der Waals surface area contributed by atoms with E-state index in [9.17, 15) is 9.59 Å². The van der Waals surface area contributed by atoms with Crippen molar-refractivity contribution in [3.8, 4) is 0 Å². The lowest BCUT2D eigenvalue weighted by Gasteiger charge is -2.33. The third-order valence-electron chi connectivity index (χ3n) is 3.76. The summed E-state index contributed by atoms with van der Waals surface area (Å²) in [5, 5.41) is 8.41.